The van der Waals surface area contributed by atoms with Crippen molar-refractivity contribution in [2.75, 3.05) is 5.43 Å². The van der Waals surface area contributed by atoms with Crippen molar-refractivity contribution < 1.29 is 4.52 Å². The Bertz CT molecular complexity index is 1040. The molecule has 0 aliphatic rings. The Morgan fingerprint density at radius 3 is 2.69 bits per heavy atom. The maximum Gasteiger partial charge on any atom is 0.223 e. The summed E-state index contributed by atoms with van der Waals surface area (Å²) in [5, 5.41) is 10.9. The molecule has 26 heavy (non-hydrogen) atoms. The predicted octanol–water partition coefficient (Wildman–Crippen LogP) is 4.61. The van der Waals surface area contributed by atoms with Crippen LogP contribution in [0.5, 0.6) is 0 Å². The highest BCUT2D eigenvalue weighted by molar-refractivity contribution is 7.14. The van der Waals surface area contributed by atoms with Crippen LogP contribution >= 0.6 is 11.3 Å². The van der Waals surface area contributed by atoms with Crippen molar-refractivity contribution in [2.24, 2.45) is 5.10 Å². The van der Waals surface area contributed by atoms with E-state index in [1.54, 1.807) is 13.1 Å². The second-order valence-electron chi connectivity index (χ2n) is 5.54. The summed E-state index contributed by atoms with van der Waals surface area (Å²) in [6.45, 7) is 1.77. The van der Waals surface area contributed by atoms with Gasteiger partial charge in [-0.15, -0.1) is 11.3 Å². The summed E-state index contributed by atoms with van der Waals surface area (Å²) in [4.78, 5) is 8.78. The van der Waals surface area contributed by atoms with Crippen molar-refractivity contribution in [3.8, 4) is 22.6 Å². The average Bonchev–Trinajstić information content (AvgIpc) is 3.32. The topological polar surface area (TPSA) is 76.2 Å². The Balaban J connectivity index is 1.45. The van der Waals surface area contributed by atoms with E-state index in [2.05, 4.69) is 25.7 Å². The van der Waals surface area contributed by atoms with Gasteiger partial charge in [-0.1, -0.05) is 53.7 Å². The van der Waals surface area contributed by atoms with E-state index < -0.39 is 0 Å². The fourth-order valence-corrected chi connectivity index (χ4v) is 3.07. The summed E-state index contributed by atoms with van der Waals surface area (Å²) in [7, 11) is 0. The van der Waals surface area contributed by atoms with Gasteiger partial charge in [-0.2, -0.15) is 10.1 Å². The minimum absolute atomic E-state index is 0.540. The molecule has 4 aromatic rings. The van der Waals surface area contributed by atoms with Crippen LogP contribution in [0, 0.1) is 6.92 Å². The standard InChI is InChI=1S/C19H15N5OS/c1-13-21-18(24-25-13)16-9-5-6-14(10-16)11-20-23-19-22-17(12-26-19)15-7-3-2-4-8-15/h2-12H,1H3,(H,22,23). The number of aryl methyl sites for hydroxylation is 1. The molecule has 2 heterocycles. The highest BCUT2D eigenvalue weighted by Gasteiger charge is 2.06. The molecule has 0 amide bonds. The van der Waals surface area contributed by atoms with Crippen LogP contribution in [0.15, 0.2) is 69.6 Å². The highest BCUT2D eigenvalue weighted by Crippen LogP contribution is 2.24. The van der Waals surface area contributed by atoms with Crippen LogP contribution in [0.3, 0.4) is 0 Å². The lowest BCUT2D eigenvalue weighted by Gasteiger charge is -1.98. The molecule has 1 N–H and O–H groups in total. The smallest absolute Gasteiger partial charge is 0.223 e. The van der Waals surface area contributed by atoms with Gasteiger partial charge in [0.25, 0.3) is 0 Å². The molecule has 0 bridgehead atoms. The maximum absolute atomic E-state index is 5.02. The second kappa shape index (κ2) is 7.28. The van der Waals surface area contributed by atoms with E-state index in [9.17, 15) is 0 Å². The minimum Gasteiger partial charge on any atom is -0.339 e. The SMILES string of the molecule is Cc1nc(-c2cccc(C=NNc3nc(-c4ccccc4)cs3)c2)no1. The molecule has 0 saturated carbocycles. The molecule has 4 rings (SSSR count). The van der Waals surface area contributed by atoms with Gasteiger partial charge in [-0.05, 0) is 11.6 Å². The van der Waals surface area contributed by atoms with Gasteiger partial charge in [-0.3, -0.25) is 5.43 Å². The van der Waals surface area contributed by atoms with Gasteiger partial charge in [0.2, 0.25) is 16.8 Å². The molecule has 0 spiro atoms. The summed E-state index contributed by atoms with van der Waals surface area (Å²) in [6, 6.07) is 17.8. The van der Waals surface area contributed by atoms with Gasteiger partial charge in [0.1, 0.15) is 0 Å². The van der Waals surface area contributed by atoms with E-state index in [4.69, 9.17) is 4.52 Å². The van der Waals surface area contributed by atoms with Gasteiger partial charge in [0, 0.05) is 23.4 Å². The Hall–Kier alpha value is -3.32. The molecule has 0 aliphatic heterocycles. The van der Waals surface area contributed by atoms with Crippen LogP contribution in [0.2, 0.25) is 0 Å². The first-order valence-electron chi connectivity index (χ1n) is 7.99. The van der Waals surface area contributed by atoms with E-state index in [-0.39, 0.29) is 0 Å². The van der Waals surface area contributed by atoms with E-state index in [0.717, 1.165) is 27.5 Å². The molecule has 0 unspecified atom stereocenters. The third-order valence-corrected chi connectivity index (χ3v) is 4.37. The number of hydrogen-bond acceptors (Lipinski definition) is 7. The van der Waals surface area contributed by atoms with Crippen LogP contribution in [0.1, 0.15) is 11.5 Å². The third-order valence-electron chi connectivity index (χ3n) is 3.62. The van der Waals surface area contributed by atoms with Crippen molar-refractivity contribution in [3.63, 3.8) is 0 Å². The largest absolute Gasteiger partial charge is 0.339 e. The third kappa shape index (κ3) is 3.68. The molecule has 2 aromatic heterocycles. The first-order chi connectivity index (χ1) is 12.8. The summed E-state index contributed by atoms with van der Waals surface area (Å²) in [5.74, 6) is 1.11. The molecular weight excluding hydrogens is 346 g/mol. The average molecular weight is 361 g/mol. The molecule has 7 heteroatoms. The van der Waals surface area contributed by atoms with Crippen molar-refractivity contribution in [3.05, 3.63) is 71.4 Å². The van der Waals surface area contributed by atoms with Crippen LogP contribution in [0.25, 0.3) is 22.6 Å². The van der Waals surface area contributed by atoms with Crippen LogP contribution in [-0.2, 0) is 0 Å². The van der Waals surface area contributed by atoms with E-state index in [1.165, 1.54) is 11.3 Å². The maximum atomic E-state index is 5.02. The Kier molecular flexibility index (Phi) is 4.53. The normalized spacial score (nSPS) is 11.1. The fourth-order valence-electron chi connectivity index (χ4n) is 2.40. The number of hydrogen-bond donors (Lipinski definition) is 1. The Morgan fingerprint density at radius 1 is 1.04 bits per heavy atom. The molecule has 0 saturated heterocycles. The van der Waals surface area contributed by atoms with Gasteiger partial charge in [0.15, 0.2) is 0 Å². The zero-order valence-electron chi connectivity index (χ0n) is 14.0. The monoisotopic (exact) mass is 361 g/mol. The Labute approximate surface area is 154 Å². The van der Waals surface area contributed by atoms with Crippen molar-refractivity contribution in [1.29, 1.82) is 0 Å². The van der Waals surface area contributed by atoms with E-state index >= 15 is 0 Å². The zero-order chi connectivity index (χ0) is 17.8. The quantitative estimate of drug-likeness (QED) is 0.415. The highest BCUT2D eigenvalue weighted by atomic mass is 32.1. The molecule has 0 aliphatic carbocycles. The minimum atomic E-state index is 0.540. The van der Waals surface area contributed by atoms with Gasteiger partial charge < -0.3 is 4.52 Å². The van der Waals surface area contributed by atoms with Gasteiger partial charge in [-0.25, -0.2) is 4.98 Å². The van der Waals surface area contributed by atoms with Crippen LogP contribution < -0.4 is 5.43 Å². The van der Waals surface area contributed by atoms with Gasteiger partial charge in [0.05, 0.1) is 11.9 Å². The number of benzene rings is 2. The number of aromatic nitrogens is 3. The summed E-state index contributed by atoms with van der Waals surface area (Å²) in [6.07, 6.45) is 1.74. The van der Waals surface area contributed by atoms with Crippen molar-refractivity contribution in [2.45, 2.75) is 6.92 Å². The second-order valence-corrected chi connectivity index (χ2v) is 6.39. The fraction of sp³-hybridized carbons (Fsp3) is 0.0526. The van der Waals surface area contributed by atoms with Crippen LogP contribution in [0.4, 0.5) is 5.13 Å². The molecule has 0 fully saturated rings. The number of nitrogens with one attached hydrogen (secondary N) is 1. The van der Waals surface area contributed by atoms with E-state index in [1.807, 2.05) is 60.0 Å². The number of thiazole rings is 1. The summed E-state index contributed by atoms with van der Waals surface area (Å²) < 4.78 is 5.02. The number of anilines is 1. The molecular formula is C19H15N5OS. The molecule has 6 nitrogen and oxygen atoms in total. The lowest BCUT2D eigenvalue weighted by Crippen LogP contribution is -1.91. The lowest BCUT2D eigenvalue weighted by molar-refractivity contribution is 0.394. The lowest BCUT2D eigenvalue weighted by atomic mass is 10.1. The number of rotatable bonds is 5. The first kappa shape index (κ1) is 16.2. The van der Waals surface area contributed by atoms with Crippen LogP contribution in [-0.4, -0.2) is 21.3 Å². The molecule has 0 atom stereocenters. The van der Waals surface area contributed by atoms with Crippen molar-refractivity contribution in [1.82, 2.24) is 15.1 Å². The number of nitrogens with zero attached hydrogens (tertiary/aromatic N) is 4. The molecule has 2 aromatic carbocycles. The molecule has 0 radical (unpaired) electrons. The van der Waals surface area contributed by atoms with Crippen molar-refractivity contribution >= 4 is 22.7 Å². The zero-order valence-corrected chi connectivity index (χ0v) is 14.8. The summed E-state index contributed by atoms with van der Waals surface area (Å²) in [5.41, 5.74) is 6.80. The predicted molar refractivity (Wildman–Crippen MR) is 103 cm³/mol. The summed E-state index contributed by atoms with van der Waals surface area (Å²) >= 11 is 1.51. The molecule has 128 valence electrons. The van der Waals surface area contributed by atoms with E-state index in [0.29, 0.717) is 11.7 Å². The Morgan fingerprint density at radius 2 is 1.88 bits per heavy atom. The first-order valence-corrected chi connectivity index (χ1v) is 8.87. The number of hydrazone groups is 1. The van der Waals surface area contributed by atoms with Gasteiger partial charge >= 0.3 is 0 Å².